The van der Waals surface area contributed by atoms with Gasteiger partial charge in [0.2, 0.25) is 29.5 Å². The Hall–Kier alpha value is -5.44. The summed E-state index contributed by atoms with van der Waals surface area (Å²) in [5.74, 6) is -2.35. The van der Waals surface area contributed by atoms with Crippen molar-refractivity contribution in [1.29, 1.82) is 0 Å². The summed E-state index contributed by atoms with van der Waals surface area (Å²) in [6, 6.07) is 4.34. The molecule has 2 atom stereocenters. The summed E-state index contributed by atoms with van der Waals surface area (Å²) in [4.78, 5) is 93.0. The van der Waals surface area contributed by atoms with Gasteiger partial charge < -0.3 is 30.4 Å². The van der Waals surface area contributed by atoms with Crippen LogP contribution < -0.4 is 21.5 Å². The van der Waals surface area contributed by atoms with Gasteiger partial charge in [-0.2, -0.15) is 0 Å². The van der Waals surface area contributed by atoms with Gasteiger partial charge in [-0.3, -0.25) is 33.7 Å². The van der Waals surface area contributed by atoms with Crippen LogP contribution in [0.3, 0.4) is 0 Å². The first kappa shape index (κ1) is 41.7. The van der Waals surface area contributed by atoms with Crippen molar-refractivity contribution >= 4 is 52.1 Å². The number of carbonyl (C=O) groups excluding carboxylic acids is 6. The summed E-state index contributed by atoms with van der Waals surface area (Å²) in [6.07, 6.45) is 4.48. The van der Waals surface area contributed by atoms with Gasteiger partial charge in [0.25, 0.3) is 5.56 Å². The van der Waals surface area contributed by atoms with Gasteiger partial charge in [0.1, 0.15) is 12.6 Å². The van der Waals surface area contributed by atoms with E-state index in [1.165, 1.54) is 11.3 Å². The summed E-state index contributed by atoms with van der Waals surface area (Å²) in [5.41, 5.74) is 5.48. The first-order chi connectivity index (χ1) is 26.9. The molecule has 15 nitrogen and oxygen atoms in total. The van der Waals surface area contributed by atoms with Gasteiger partial charge in [-0.1, -0.05) is 40.5 Å². The molecule has 7 rings (SSSR count). The molecule has 0 bridgehead atoms. The Morgan fingerprint density at radius 3 is 2.34 bits per heavy atom. The maximum atomic E-state index is 13.4. The third-order valence-corrected chi connectivity index (χ3v) is 10.1. The second kappa shape index (κ2) is 18.5. The molecule has 0 saturated carbocycles. The van der Waals surface area contributed by atoms with E-state index in [9.17, 15) is 38.7 Å². The van der Waals surface area contributed by atoms with Crippen LogP contribution in [0.2, 0.25) is 0 Å². The number of amides is 5. The Morgan fingerprint density at radius 1 is 0.929 bits per heavy atom. The molecule has 15 heteroatoms. The molecule has 1 aromatic carbocycles. The quantitative estimate of drug-likeness (QED) is 0.0988. The summed E-state index contributed by atoms with van der Waals surface area (Å²) >= 11 is 0. The number of imide groups is 1. The first-order valence-electron chi connectivity index (χ1n) is 19.7. The number of pyridine rings is 2. The van der Waals surface area contributed by atoms with Crippen molar-refractivity contribution in [3.8, 4) is 11.4 Å². The number of aromatic nitrogens is 2. The molecule has 1 saturated heterocycles. The molecule has 56 heavy (non-hydrogen) atoms. The molecule has 5 amide bonds. The van der Waals surface area contributed by atoms with Crippen LogP contribution in [0.4, 0.5) is 5.69 Å². The van der Waals surface area contributed by atoms with Crippen molar-refractivity contribution in [3.05, 3.63) is 56.4 Å². The average Bonchev–Trinajstić information content (AvgIpc) is 3.72. The van der Waals surface area contributed by atoms with Gasteiger partial charge in [-0.05, 0) is 68.4 Å². The first-order valence-corrected chi connectivity index (χ1v) is 19.7. The van der Waals surface area contributed by atoms with Gasteiger partial charge in [-0.25, -0.2) is 9.78 Å². The van der Waals surface area contributed by atoms with Crippen molar-refractivity contribution in [2.75, 3.05) is 18.4 Å². The minimum atomic E-state index is -1.53. The number of rotatable bonds is 11. The molecule has 0 spiro atoms. The lowest BCUT2D eigenvalue weighted by molar-refractivity contribution is -0.157. The number of likely N-dealkylation sites (tertiary alicyclic amines) is 1. The smallest absolute Gasteiger partial charge is 0.340 e. The standard InChI is InChI=1S/C36H38N6O9.C3H8.C2H6/c1-18(38-28(44)15-37-27(43)8-3-2-4-13-41-29(45)11-12-30(41)46)34(48)40-24-9-10-25-31-19(6-5-7-20(24)31)22-16-42-26(32(22)39-25)14-21-23(35(42)49)17-51-36(50)33(21)47;1-3-2;1-2/h9-10,14,18,33,47H,2-8,11-13,15-17H2,1H3,(H,37,43)(H,38,44)(H,40,48);3H2,1-2H3;1-2H3/t18-,33-;;/m0../s1. The number of unbranched alkanes of at least 4 members (excludes halogenated alkanes) is 2. The number of anilines is 1. The van der Waals surface area contributed by atoms with E-state index >= 15 is 0 Å². The van der Waals surface area contributed by atoms with Gasteiger partial charge in [-0.15, -0.1) is 0 Å². The molecule has 5 heterocycles. The van der Waals surface area contributed by atoms with Crippen molar-refractivity contribution in [1.82, 2.24) is 25.1 Å². The number of benzene rings is 1. The summed E-state index contributed by atoms with van der Waals surface area (Å²) in [5, 5.41) is 19.5. The highest BCUT2D eigenvalue weighted by atomic mass is 16.5. The number of nitrogens with zero attached hydrogens (tertiary/aromatic N) is 3. The van der Waals surface area contributed by atoms with E-state index in [1.807, 2.05) is 13.8 Å². The van der Waals surface area contributed by atoms with E-state index in [0.717, 1.165) is 34.9 Å². The minimum Gasteiger partial charge on any atom is -0.458 e. The molecule has 4 aliphatic rings. The van der Waals surface area contributed by atoms with Crippen LogP contribution in [0, 0.1) is 0 Å². The van der Waals surface area contributed by atoms with Crippen LogP contribution in [0.15, 0.2) is 23.0 Å². The third kappa shape index (κ3) is 8.67. The number of esters is 1. The van der Waals surface area contributed by atoms with E-state index in [2.05, 4.69) is 29.8 Å². The zero-order valence-electron chi connectivity index (χ0n) is 32.8. The number of aliphatic hydroxyl groups excluding tert-OH is 1. The van der Waals surface area contributed by atoms with E-state index in [-0.39, 0.29) is 73.4 Å². The highest BCUT2D eigenvalue weighted by molar-refractivity contribution is 6.03. The zero-order valence-corrected chi connectivity index (χ0v) is 32.8. The normalized spacial score (nSPS) is 16.6. The maximum absolute atomic E-state index is 13.4. The van der Waals surface area contributed by atoms with Crippen LogP contribution in [-0.4, -0.2) is 74.2 Å². The van der Waals surface area contributed by atoms with Gasteiger partial charge >= 0.3 is 5.97 Å². The summed E-state index contributed by atoms with van der Waals surface area (Å²) in [6.45, 7) is 9.97. The fourth-order valence-corrected chi connectivity index (χ4v) is 7.45. The Balaban J connectivity index is 0.00000115. The Bertz CT molecular complexity index is 2090. The zero-order chi connectivity index (χ0) is 40.7. The maximum Gasteiger partial charge on any atom is 0.340 e. The second-order valence-electron chi connectivity index (χ2n) is 14.1. The molecule has 3 aliphatic heterocycles. The van der Waals surface area contributed by atoms with Crippen molar-refractivity contribution in [3.63, 3.8) is 0 Å². The Kier molecular flexibility index (Phi) is 13.8. The largest absolute Gasteiger partial charge is 0.458 e. The van der Waals surface area contributed by atoms with Crippen LogP contribution in [-0.2, 0) is 59.5 Å². The molecule has 0 radical (unpaired) electrons. The Morgan fingerprint density at radius 2 is 1.62 bits per heavy atom. The third-order valence-electron chi connectivity index (χ3n) is 10.1. The van der Waals surface area contributed by atoms with E-state index < -0.39 is 29.9 Å². The molecular weight excluding hydrogens is 720 g/mol. The fraction of sp³-hybridized carbons (Fsp3) is 0.512. The number of cyclic esters (lactones) is 1. The summed E-state index contributed by atoms with van der Waals surface area (Å²) in [7, 11) is 0. The molecule has 2 aromatic heterocycles. The number of ether oxygens (including phenoxy) is 1. The van der Waals surface area contributed by atoms with Gasteiger partial charge in [0.05, 0.1) is 35.6 Å². The molecule has 3 aromatic rings. The number of aliphatic hydroxyl groups is 1. The van der Waals surface area contributed by atoms with Crippen LogP contribution in [0.1, 0.15) is 120 Å². The molecule has 0 unspecified atom stereocenters. The number of fused-ring (bicyclic) bond motifs is 5. The molecule has 1 aliphatic carbocycles. The molecule has 4 N–H and O–H groups in total. The van der Waals surface area contributed by atoms with Crippen LogP contribution in [0.25, 0.3) is 22.3 Å². The highest BCUT2D eigenvalue weighted by Gasteiger charge is 2.35. The lowest BCUT2D eigenvalue weighted by atomic mass is 9.86. The molecule has 300 valence electrons. The second-order valence-corrected chi connectivity index (χ2v) is 14.1. The lowest BCUT2D eigenvalue weighted by Crippen LogP contribution is -2.46. The van der Waals surface area contributed by atoms with Crippen LogP contribution >= 0.6 is 0 Å². The minimum absolute atomic E-state index is 0.154. The van der Waals surface area contributed by atoms with Crippen molar-refractivity contribution in [2.45, 2.75) is 124 Å². The molecule has 1 fully saturated rings. The number of hydrogen-bond donors (Lipinski definition) is 4. The van der Waals surface area contributed by atoms with Crippen molar-refractivity contribution in [2.24, 2.45) is 0 Å². The molecular formula is C41H52N6O9. The average molecular weight is 773 g/mol. The van der Waals surface area contributed by atoms with Crippen LogP contribution in [0.5, 0.6) is 0 Å². The van der Waals surface area contributed by atoms with E-state index in [1.54, 1.807) is 29.7 Å². The van der Waals surface area contributed by atoms with E-state index in [0.29, 0.717) is 54.8 Å². The van der Waals surface area contributed by atoms with E-state index in [4.69, 9.17) is 9.72 Å². The predicted molar refractivity (Wildman–Crippen MR) is 208 cm³/mol. The topological polar surface area (TPSA) is 206 Å². The summed E-state index contributed by atoms with van der Waals surface area (Å²) < 4.78 is 6.60. The van der Waals surface area contributed by atoms with Gasteiger partial charge in [0, 0.05) is 48.0 Å². The monoisotopic (exact) mass is 772 g/mol. The fourth-order valence-electron chi connectivity index (χ4n) is 7.45. The Labute approximate surface area is 325 Å². The highest BCUT2D eigenvalue weighted by Crippen LogP contribution is 2.42. The number of aryl methyl sites for hydroxylation is 2. The number of hydrogen-bond acceptors (Lipinski definition) is 10. The lowest BCUT2D eigenvalue weighted by Gasteiger charge is -2.23. The number of nitrogens with one attached hydrogen (secondary N) is 3. The number of carbonyl (C=O) groups is 6. The SMILES string of the molecule is CC.CCC.C[C@H](NC(=O)CNC(=O)CCCCCN1C(=O)CCC1=O)C(=O)Nc1ccc2nc3c(c4c2c1CCC4)Cn1c-3cc2c(c1=O)COC(=O)[C@H]2O. The predicted octanol–water partition coefficient (Wildman–Crippen LogP) is 3.72. The van der Waals surface area contributed by atoms with Crippen molar-refractivity contribution < 1.29 is 38.6 Å². The van der Waals surface area contributed by atoms with Gasteiger partial charge in [0.15, 0.2) is 6.10 Å².